The Kier molecular flexibility index (Phi) is 7.43. The van der Waals surface area contributed by atoms with Gasteiger partial charge in [0.05, 0.1) is 27.7 Å². The molecule has 0 bridgehead atoms. The number of fused-ring (bicyclic) bond motifs is 1. The second kappa shape index (κ2) is 11.3. The summed E-state index contributed by atoms with van der Waals surface area (Å²) >= 11 is 1.44. The van der Waals surface area contributed by atoms with Gasteiger partial charge in [-0.2, -0.15) is 5.26 Å². The Morgan fingerprint density at radius 2 is 1.82 bits per heavy atom. The summed E-state index contributed by atoms with van der Waals surface area (Å²) in [6.45, 7) is 7.46. The number of amides is 2. The summed E-state index contributed by atoms with van der Waals surface area (Å²) in [6.07, 6.45) is 3.96. The standard InChI is InChI=1S/C30H32N8OS/c1-20-25-17-23(6-7-26(25)33-19-32-20)28-27(22-5-3-4-21(16-22)18-31)34-29(40-28)35-30(39)38-14-12-37(13-15-38)24-8-10-36(2)11-9-24/h3-7,16-17,19,24H,8-15H2,1-2H3,(H,34,35,39). The Morgan fingerprint density at radius 1 is 1.02 bits per heavy atom. The van der Waals surface area contributed by atoms with Crippen LogP contribution < -0.4 is 5.32 Å². The van der Waals surface area contributed by atoms with E-state index in [9.17, 15) is 10.1 Å². The van der Waals surface area contributed by atoms with Crippen molar-refractivity contribution in [3.05, 3.63) is 60.0 Å². The molecule has 2 amide bonds. The first-order valence-electron chi connectivity index (χ1n) is 13.7. The van der Waals surface area contributed by atoms with Gasteiger partial charge in [-0.25, -0.2) is 19.7 Å². The molecule has 0 aliphatic carbocycles. The van der Waals surface area contributed by atoms with Gasteiger partial charge in [0.2, 0.25) is 0 Å². The molecule has 2 saturated heterocycles. The molecule has 2 aliphatic rings. The average molecular weight is 553 g/mol. The van der Waals surface area contributed by atoms with Crippen LogP contribution in [-0.4, -0.2) is 88.0 Å². The van der Waals surface area contributed by atoms with Crippen molar-refractivity contribution >= 4 is 33.4 Å². The molecule has 2 aromatic heterocycles. The van der Waals surface area contributed by atoms with Crippen LogP contribution in [0.5, 0.6) is 0 Å². The third-order valence-electron chi connectivity index (χ3n) is 8.01. The van der Waals surface area contributed by atoms with E-state index < -0.39 is 0 Å². The number of piperidine rings is 1. The summed E-state index contributed by atoms with van der Waals surface area (Å²) in [5.41, 5.74) is 4.87. The fraction of sp³-hybridized carbons (Fsp3) is 0.367. The highest BCUT2D eigenvalue weighted by atomic mass is 32.1. The van der Waals surface area contributed by atoms with Gasteiger partial charge in [-0.15, -0.1) is 0 Å². The van der Waals surface area contributed by atoms with Gasteiger partial charge in [-0.3, -0.25) is 10.2 Å². The van der Waals surface area contributed by atoms with Gasteiger partial charge in [-0.05, 0) is 69.7 Å². The van der Waals surface area contributed by atoms with Crippen LogP contribution in [0.3, 0.4) is 0 Å². The summed E-state index contributed by atoms with van der Waals surface area (Å²) in [5, 5.41) is 14.1. The molecule has 2 fully saturated rings. The summed E-state index contributed by atoms with van der Waals surface area (Å²) in [4.78, 5) is 34.7. The molecular weight excluding hydrogens is 520 g/mol. The molecule has 4 aromatic rings. The highest BCUT2D eigenvalue weighted by Gasteiger charge is 2.28. The zero-order chi connectivity index (χ0) is 27.6. The van der Waals surface area contributed by atoms with Crippen molar-refractivity contribution in [3.63, 3.8) is 0 Å². The summed E-state index contributed by atoms with van der Waals surface area (Å²) < 4.78 is 0. The molecule has 6 rings (SSSR count). The summed E-state index contributed by atoms with van der Waals surface area (Å²) in [6, 6.07) is 16.2. The van der Waals surface area contributed by atoms with E-state index in [2.05, 4.69) is 44.3 Å². The lowest BCUT2D eigenvalue weighted by Crippen LogP contribution is -2.54. The number of aryl methyl sites for hydroxylation is 1. The number of carbonyl (C=O) groups is 1. The number of rotatable bonds is 4. The fourth-order valence-corrected chi connectivity index (χ4v) is 6.62. The predicted octanol–water partition coefficient (Wildman–Crippen LogP) is 4.84. The zero-order valence-corrected chi connectivity index (χ0v) is 23.6. The molecule has 0 radical (unpaired) electrons. The number of likely N-dealkylation sites (tertiary alicyclic amines) is 1. The lowest BCUT2D eigenvalue weighted by atomic mass is 10.0. The van der Waals surface area contributed by atoms with E-state index >= 15 is 0 Å². The summed E-state index contributed by atoms with van der Waals surface area (Å²) in [7, 11) is 2.18. The van der Waals surface area contributed by atoms with Crippen molar-refractivity contribution in [1.29, 1.82) is 5.26 Å². The van der Waals surface area contributed by atoms with Crippen LogP contribution in [0.1, 0.15) is 24.1 Å². The molecule has 2 aliphatic heterocycles. The van der Waals surface area contributed by atoms with Crippen molar-refractivity contribution in [1.82, 2.24) is 29.7 Å². The Bertz CT molecular complexity index is 1580. The average Bonchev–Trinajstić information content (AvgIpc) is 3.41. The molecule has 4 heterocycles. The van der Waals surface area contributed by atoms with Gasteiger partial charge in [0, 0.05) is 48.9 Å². The van der Waals surface area contributed by atoms with Crippen LogP contribution in [0.25, 0.3) is 32.6 Å². The number of nitrogens with zero attached hydrogens (tertiary/aromatic N) is 7. The lowest BCUT2D eigenvalue weighted by molar-refractivity contribution is 0.0775. The van der Waals surface area contributed by atoms with Crippen LogP contribution in [0, 0.1) is 18.3 Å². The number of thiazole rings is 1. The minimum Gasteiger partial charge on any atom is -0.322 e. The maximum absolute atomic E-state index is 13.3. The van der Waals surface area contributed by atoms with Gasteiger partial charge >= 0.3 is 6.03 Å². The van der Waals surface area contributed by atoms with E-state index in [0.29, 0.717) is 29.8 Å². The van der Waals surface area contributed by atoms with Crippen LogP contribution in [0.2, 0.25) is 0 Å². The summed E-state index contributed by atoms with van der Waals surface area (Å²) in [5.74, 6) is 0. The number of aromatic nitrogens is 3. The third-order valence-corrected chi connectivity index (χ3v) is 9.03. The number of hydrogen-bond donors (Lipinski definition) is 1. The predicted molar refractivity (Wildman–Crippen MR) is 158 cm³/mol. The van der Waals surface area contributed by atoms with E-state index in [4.69, 9.17) is 4.98 Å². The molecule has 9 nitrogen and oxygen atoms in total. The minimum atomic E-state index is -0.122. The third kappa shape index (κ3) is 5.41. The largest absolute Gasteiger partial charge is 0.323 e. The molecular formula is C30H32N8OS. The van der Waals surface area contributed by atoms with E-state index in [1.165, 1.54) is 24.2 Å². The highest BCUT2D eigenvalue weighted by molar-refractivity contribution is 7.19. The van der Waals surface area contributed by atoms with Gasteiger partial charge in [0.25, 0.3) is 0 Å². The van der Waals surface area contributed by atoms with Gasteiger partial charge in [0.1, 0.15) is 6.33 Å². The van der Waals surface area contributed by atoms with E-state index in [-0.39, 0.29) is 6.03 Å². The SMILES string of the molecule is Cc1ncnc2ccc(-c3sc(NC(=O)N4CCN(C5CCN(C)CC5)CC4)nc3-c3cccc(C#N)c3)cc12. The number of nitrogens with one attached hydrogen (secondary N) is 1. The number of hydrogen-bond acceptors (Lipinski definition) is 8. The number of piperazine rings is 1. The topological polar surface area (TPSA) is 101 Å². The second-order valence-electron chi connectivity index (χ2n) is 10.6. The molecule has 2 aromatic carbocycles. The van der Waals surface area contributed by atoms with E-state index in [1.54, 1.807) is 12.4 Å². The maximum atomic E-state index is 13.3. The number of urea groups is 1. The van der Waals surface area contributed by atoms with E-state index in [1.807, 2.05) is 42.2 Å². The van der Waals surface area contributed by atoms with Crippen molar-refractivity contribution in [2.24, 2.45) is 0 Å². The Labute approximate surface area is 238 Å². The molecule has 0 saturated carbocycles. The normalized spacial score (nSPS) is 17.2. The van der Waals surface area contributed by atoms with Crippen molar-refractivity contribution in [2.45, 2.75) is 25.8 Å². The Hall–Kier alpha value is -3.91. The van der Waals surface area contributed by atoms with Crippen molar-refractivity contribution in [3.8, 4) is 27.8 Å². The molecule has 204 valence electrons. The molecule has 0 atom stereocenters. The number of benzene rings is 2. The number of anilines is 1. The smallest absolute Gasteiger partial charge is 0.322 e. The molecule has 40 heavy (non-hydrogen) atoms. The molecule has 0 unspecified atom stereocenters. The van der Waals surface area contributed by atoms with E-state index in [0.717, 1.165) is 64.5 Å². The van der Waals surface area contributed by atoms with Crippen LogP contribution in [-0.2, 0) is 0 Å². The highest BCUT2D eigenvalue weighted by Crippen LogP contribution is 2.40. The van der Waals surface area contributed by atoms with Crippen LogP contribution in [0.15, 0.2) is 48.8 Å². The van der Waals surface area contributed by atoms with Crippen molar-refractivity contribution in [2.75, 3.05) is 51.6 Å². The van der Waals surface area contributed by atoms with Crippen molar-refractivity contribution < 1.29 is 4.79 Å². The lowest BCUT2D eigenvalue weighted by Gasteiger charge is -2.42. The Morgan fingerprint density at radius 3 is 2.60 bits per heavy atom. The quantitative estimate of drug-likeness (QED) is 0.386. The van der Waals surface area contributed by atoms with Crippen LogP contribution in [0.4, 0.5) is 9.93 Å². The first-order chi connectivity index (χ1) is 19.5. The van der Waals surface area contributed by atoms with Gasteiger partial charge in [-0.1, -0.05) is 29.5 Å². The van der Waals surface area contributed by atoms with Gasteiger partial charge in [0.15, 0.2) is 5.13 Å². The monoisotopic (exact) mass is 552 g/mol. The maximum Gasteiger partial charge on any atom is 0.323 e. The Balaban J connectivity index is 1.24. The second-order valence-corrected chi connectivity index (χ2v) is 11.6. The molecule has 0 spiro atoms. The number of carbonyl (C=O) groups excluding carboxylic acids is 1. The first kappa shape index (κ1) is 26.3. The minimum absolute atomic E-state index is 0.122. The molecule has 10 heteroatoms. The van der Waals surface area contributed by atoms with Crippen LogP contribution >= 0.6 is 11.3 Å². The van der Waals surface area contributed by atoms with Gasteiger partial charge < -0.3 is 9.80 Å². The molecule has 1 N–H and O–H groups in total. The first-order valence-corrected chi connectivity index (χ1v) is 14.5. The zero-order valence-electron chi connectivity index (χ0n) is 22.8. The fourth-order valence-electron chi connectivity index (χ4n) is 5.65. The number of nitriles is 1.